The number of thiophene rings is 1. The maximum absolute atomic E-state index is 14.7. The summed E-state index contributed by atoms with van der Waals surface area (Å²) in [5, 5.41) is 13.3. The van der Waals surface area contributed by atoms with Crippen molar-refractivity contribution in [3.63, 3.8) is 0 Å². The average molecular weight is 518 g/mol. The van der Waals surface area contributed by atoms with Gasteiger partial charge in [0.25, 0.3) is 5.91 Å². The highest BCUT2D eigenvalue weighted by atomic mass is 32.1. The number of aliphatic imine (C=N–C) groups is 1. The molecule has 0 radical (unpaired) electrons. The first kappa shape index (κ1) is 24.7. The molecule has 0 bridgehead atoms. The van der Waals surface area contributed by atoms with Crippen molar-refractivity contribution >= 4 is 50.2 Å². The Morgan fingerprint density at radius 3 is 2.86 bits per heavy atom. The summed E-state index contributed by atoms with van der Waals surface area (Å²) in [7, 11) is 0. The van der Waals surface area contributed by atoms with Crippen molar-refractivity contribution in [1.82, 2.24) is 15.8 Å². The highest BCUT2D eigenvalue weighted by Crippen LogP contribution is 2.27. The van der Waals surface area contributed by atoms with Gasteiger partial charge in [-0.2, -0.15) is 0 Å². The lowest BCUT2D eigenvalue weighted by molar-refractivity contribution is 0.103. The molecule has 2 aromatic heterocycles. The van der Waals surface area contributed by atoms with E-state index in [-0.39, 0.29) is 24.9 Å². The standard InChI is InChI=1S/C27H24FN5O3S/c1-16(34)19-7-9-26(29-13-19)31-20-12-22(33-30-15-36-14-20)17-6-8-21(28)23(10-17)32-27(35)25-11-18-4-2-3-5-24(18)37-25/h2-13,16,30,33-34H,14-15H2,1H3,(H,32,35). The Morgan fingerprint density at radius 1 is 1.22 bits per heavy atom. The van der Waals surface area contributed by atoms with Gasteiger partial charge < -0.3 is 20.6 Å². The number of carbonyl (C=O) groups is 1. The van der Waals surface area contributed by atoms with Gasteiger partial charge in [-0.1, -0.05) is 24.3 Å². The Kier molecular flexibility index (Phi) is 7.33. The largest absolute Gasteiger partial charge is 0.389 e. The number of nitrogens with one attached hydrogen (secondary N) is 3. The van der Waals surface area contributed by atoms with Crippen molar-refractivity contribution in [3.8, 4) is 0 Å². The number of benzene rings is 2. The van der Waals surface area contributed by atoms with Crippen molar-refractivity contribution in [2.45, 2.75) is 13.0 Å². The lowest BCUT2D eigenvalue weighted by atomic mass is 10.1. The van der Waals surface area contributed by atoms with Crippen molar-refractivity contribution in [1.29, 1.82) is 0 Å². The molecule has 0 fully saturated rings. The van der Waals surface area contributed by atoms with Gasteiger partial charge in [0, 0.05) is 16.5 Å². The van der Waals surface area contributed by atoms with Crippen LogP contribution in [0.5, 0.6) is 0 Å². The molecule has 2 aromatic carbocycles. The van der Waals surface area contributed by atoms with Gasteiger partial charge in [0.15, 0.2) is 5.82 Å². The topological polar surface area (TPSA) is 108 Å². The Morgan fingerprint density at radius 2 is 2.08 bits per heavy atom. The van der Waals surface area contributed by atoms with E-state index in [0.717, 1.165) is 10.1 Å². The van der Waals surface area contributed by atoms with Gasteiger partial charge in [0.1, 0.15) is 12.5 Å². The summed E-state index contributed by atoms with van der Waals surface area (Å²) in [6.45, 7) is 2.09. The van der Waals surface area contributed by atoms with Crippen LogP contribution in [0.3, 0.4) is 0 Å². The maximum Gasteiger partial charge on any atom is 0.265 e. The number of nitrogens with zero attached hydrogens (tertiary/aromatic N) is 2. The van der Waals surface area contributed by atoms with Crippen LogP contribution in [0.2, 0.25) is 0 Å². The lowest BCUT2D eigenvalue weighted by Crippen LogP contribution is -2.35. The molecule has 1 unspecified atom stereocenters. The Hall–Kier alpha value is -3.96. The van der Waals surface area contributed by atoms with E-state index >= 15 is 0 Å². The first-order valence-electron chi connectivity index (χ1n) is 11.6. The van der Waals surface area contributed by atoms with Gasteiger partial charge in [-0.15, -0.1) is 11.3 Å². The minimum Gasteiger partial charge on any atom is -0.389 e. The van der Waals surface area contributed by atoms with E-state index in [9.17, 15) is 14.3 Å². The van der Waals surface area contributed by atoms with Gasteiger partial charge >= 0.3 is 0 Å². The fourth-order valence-corrected chi connectivity index (χ4v) is 4.68. The molecule has 0 aliphatic carbocycles. The molecule has 1 aliphatic rings. The summed E-state index contributed by atoms with van der Waals surface area (Å²) in [5.74, 6) is -0.461. The first-order valence-corrected chi connectivity index (χ1v) is 12.4. The predicted molar refractivity (Wildman–Crippen MR) is 143 cm³/mol. The number of aliphatic hydroxyl groups is 1. The van der Waals surface area contributed by atoms with Crippen LogP contribution < -0.4 is 16.2 Å². The van der Waals surface area contributed by atoms with E-state index < -0.39 is 11.9 Å². The second-order valence-electron chi connectivity index (χ2n) is 8.38. The molecule has 0 saturated heterocycles. The van der Waals surface area contributed by atoms with Crippen LogP contribution in [0.25, 0.3) is 15.8 Å². The number of hydrazine groups is 1. The summed E-state index contributed by atoms with van der Waals surface area (Å²) < 4.78 is 21.2. The monoisotopic (exact) mass is 517 g/mol. The number of hydrogen-bond donors (Lipinski definition) is 4. The number of aliphatic hydroxyl groups excluding tert-OH is 1. The van der Waals surface area contributed by atoms with Crippen LogP contribution in [0.15, 0.2) is 77.9 Å². The van der Waals surface area contributed by atoms with Crippen LogP contribution in [0.1, 0.15) is 33.8 Å². The Balaban J connectivity index is 1.41. The third-order valence-corrected chi connectivity index (χ3v) is 6.76. The molecule has 1 amide bonds. The summed E-state index contributed by atoms with van der Waals surface area (Å²) in [6.07, 6.45) is 2.72. The highest BCUT2D eigenvalue weighted by Gasteiger charge is 2.15. The Labute approximate surface area is 216 Å². The second-order valence-corrected chi connectivity index (χ2v) is 9.46. The zero-order valence-electron chi connectivity index (χ0n) is 19.9. The summed E-state index contributed by atoms with van der Waals surface area (Å²) in [5.41, 5.74) is 8.57. The third-order valence-electron chi connectivity index (χ3n) is 5.64. The maximum atomic E-state index is 14.7. The van der Waals surface area contributed by atoms with Gasteiger partial charge in [0.05, 0.1) is 34.7 Å². The molecule has 0 spiro atoms. The number of carbonyl (C=O) groups excluding carboxylic acids is 1. The molecule has 8 nitrogen and oxygen atoms in total. The van der Waals surface area contributed by atoms with Crippen molar-refractivity contribution < 1.29 is 19.0 Å². The van der Waals surface area contributed by atoms with Gasteiger partial charge in [-0.05, 0) is 60.3 Å². The molecule has 4 N–H and O–H groups in total. The summed E-state index contributed by atoms with van der Waals surface area (Å²) in [6, 6.07) is 17.5. The van der Waals surface area contributed by atoms with Crippen molar-refractivity contribution in [2.75, 3.05) is 18.7 Å². The van der Waals surface area contributed by atoms with Gasteiger partial charge in [-0.3, -0.25) is 4.79 Å². The van der Waals surface area contributed by atoms with Crippen LogP contribution in [0, 0.1) is 5.82 Å². The molecule has 188 valence electrons. The van der Waals surface area contributed by atoms with Crippen LogP contribution >= 0.6 is 11.3 Å². The van der Waals surface area contributed by atoms with Gasteiger partial charge in [0.2, 0.25) is 0 Å². The fraction of sp³-hybridized carbons (Fsp3) is 0.148. The zero-order valence-corrected chi connectivity index (χ0v) is 20.7. The molecule has 4 aromatic rings. The van der Waals surface area contributed by atoms with E-state index in [1.165, 1.54) is 17.4 Å². The number of halogens is 1. The molecule has 1 aliphatic heterocycles. The molecule has 0 saturated carbocycles. The molecule has 5 rings (SSSR count). The fourth-order valence-electron chi connectivity index (χ4n) is 3.73. The van der Waals surface area contributed by atoms with E-state index in [4.69, 9.17) is 4.74 Å². The van der Waals surface area contributed by atoms with Crippen molar-refractivity contribution in [3.05, 3.63) is 94.8 Å². The lowest BCUT2D eigenvalue weighted by Gasteiger charge is -2.18. The molecular weight excluding hydrogens is 493 g/mol. The van der Waals surface area contributed by atoms with Crippen LogP contribution in [-0.2, 0) is 4.74 Å². The Bertz CT molecular complexity index is 1460. The second kappa shape index (κ2) is 11.0. The average Bonchev–Trinajstić information content (AvgIpc) is 3.32. The number of anilines is 1. The number of rotatable bonds is 5. The number of pyridine rings is 1. The number of ether oxygens (including phenoxy) is 1. The number of hydrogen-bond acceptors (Lipinski definition) is 8. The highest BCUT2D eigenvalue weighted by molar-refractivity contribution is 7.20. The van der Waals surface area contributed by atoms with Crippen LogP contribution in [0.4, 0.5) is 15.9 Å². The normalized spacial score (nSPS) is 16.0. The molecule has 3 heterocycles. The minimum absolute atomic E-state index is 0.0647. The summed E-state index contributed by atoms with van der Waals surface area (Å²) >= 11 is 1.35. The molecule has 10 heteroatoms. The number of fused-ring (bicyclic) bond motifs is 1. The van der Waals surface area contributed by atoms with E-state index in [1.54, 1.807) is 49.5 Å². The minimum atomic E-state index is -0.618. The van der Waals surface area contributed by atoms with Crippen molar-refractivity contribution in [2.24, 2.45) is 4.99 Å². The van der Waals surface area contributed by atoms with Gasteiger partial charge in [-0.25, -0.2) is 19.8 Å². The third kappa shape index (κ3) is 5.89. The quantitative estimate of drug-likeness (QED) is 0.299. The SMILES string of the molecule is CC(O)c1ccc(N=C2C=C(c3ccc(F)c(NC(=O)c4cc5ccccc5s4)c3)NNCOC2)nc1. The molecule has 1 atom stereocenters. The molecule has 37 heavy (non-hydrogen) atoms. The number of aromatic nitrogens is 1. The van der Waals surface area contributed by atoms with E-state index in [1.807, 2.05) is 24.3 Å². The number of amides is 1. The van der Waals surface area contributed by atoms with E-state index in [0.29, 0.717) is 33.2 Å². The summed E-state index contributed by atoms with van der Waals surface area (Å²) in [4.78, 5) is 22.2. The predicted octanol–water partition coefficient (Wildman–Crippen LogP) is 4.94. The zero-order chi connectivity index (χ0) is 25.8. The van der Waals surface area contributed by atoms with E-state index in [2.05, 4.69) is 26.1 Å². The molecular formula is C27H24FN5O3S. The first-order chi connectivity index (χ1) is 18.0. The smallest absolute Gasteiger partial charge is 0.265 e. The van der Waals surface area contributed by atoms with Crippen LogP contribution in [-0.4, -0.2) is 35.0 Å².